The van der Waals surface area contributed by atoms with Crippen molar-refractivity contribution in [1.82, 2.24) is 5.32 Å². The van der Waals surface area contributed by atoms with E-state index >= 15 is 0 Å². The molecule has 0 atom stereocenters. The van der Waals surface area contributed by atoms with Gasteiger partial charge in [-0.3, -0.25) is 4.79 Å². The lowest BCUT2D eigenvalue weighted by molar-refractivity contribution is 0.0951. The van der Waals surface area contributed by atoms with Crippen molar-refractivity contribution in [3.63, 3.8) is 0 Å². The lowest BCUT2D eigenvalue weighted by Crippen LogP contribution is -2.22. The Hall–Kier alpha value is -2.29. The maximum Gasteiger partial charge on any atom is 0.251 e. The summed E-state index contributed by atoms with van der Waals surface area (Å²) in [6, 6.07) is 15.7. The van der Waals surface area contributed by atoms with Gasteiger partial charge in [-0.05, 0) is 43.2 Å². The van der Waals surface area contributed by atoms with Crippen molar-refractivity contribution in [2.45, 2.75) is 26.8 Å². The lowest BCUT2D eigenvalue weighted by atomic mass is 10.1. The van der Waals surface area contributed by atoms with Crippen LogP contribution in [0, 0.1) is 6.92 Å². The fourth-order valence-electron chi connectivity index (χ4n) is 2.12. The highest BCUT2D eigenvalue weighted by atomic mass is 16.1. The van der Waals surface area contributed by atoms with Crippen molar-refractivity contribution in [3.05, 3.63) is 65.2 Å². The first kappa shape index (κ1) is 15.1. The van der Waals surface area contributed by atoms with Gasteiger partial charge in [-0.2, -0.15) is 0 Å². The SMILES string of the molecule is CCCNc1ccc(C(=O)NCc2cccc(C)c2)cc1. The van der Waals surface area contributed by atoms with Crippen LogP contribution in [0.1, 0.15) is 34.8 Å². The molecule has 21 heavy (non-hydrogen) atoms. The number of carbonyl (C=O) groups is 1. The molecule has 0 aliphatic carbocycles. The van der Waals surface area contributed by atoms with E-state index in [0.717, 1.165) is 24.2 Å². The highest BCUT2D eigenvalue weighted by molar-refractivity contribution is 5.94. The molecule has 2 rings (SSSR count). The predicted octanol–water partition coefficient (Wildman–Crippen LogP) is 3.75. The molecule has 3 nitrogen and oxygen atoms in total. The highest BCUT2D eigenvalue weighted by Crippen LogP contribution is 2.10. The molecule has 1 amide bonds. The fraction of sp³-hybridized carbons (Fsp3) is 0.278. The van der Waals surface area contributed by atoms with Gasteiger partial charge in [-0.15, -0.1) is 0 Å². The number of amides is 1. The van der Waals surface area contributed by atoms with Gasteiger partial charge in [-0.25, -0.2) is 0 Å². The normalized spacial score (nSPS) is 10.2. The number of carbonyl (C=O) groups excluding carboxylic acids is 1. The molecule has 0 bridgehead atoms. The number of rotatable bonds is 6. The van der Waals surface area contributed by atoms with Gasteiger partial charge < -0.3 is 10.6 Å². The van der Waals surface area contributed by atoms with Gasteiger partial charge in [-0.1, -0.05) is 36.8 Å². The molecule has 0 saturated heterocycles. The Balaban J connectivity index is 1.91. The van der Waals surface area contributed by atoms with Crippen LogP contribution in [0.15, 0.2) is 48.5 Å². The van der Waals surface area contributed by atoms with Gasteiger partial charge in [0.05, 0.1) is 0 Å². The summed E-state index contributed by atoms with van der Waals surface area (Å²) in [7, 11) is 0. The number of nitrogens with one attached hydrogen (secondary N) is 2. The first-order valence-corrected chi connectivity index (χ1v) is 7.36. The molecular formula is C18H22N2O. The van der Waals surface area contributed by atoms with Crippen LogP contribution in [0.3, 0.4) is 0 Å². The molecule has 0 aliphatic rings. The summed E-state index contributed by atoms with van der Waals surface area (Å²) >= 11 is 0. The van der Waals surface area contributed by atoms with Gasteiger partial charge in [0.15, 0.2) is 0 Å². The van der Waals surface area contributed by atoms with Crippen molar-refractivity contribution in [3.8, 4) is 0 Å². The van der Waals surface area contributed by atoms with Gasteiger partial charge in [0.2, 0.25) is 0 Å². The van der Waals surface area contributed by atoms with Gasteiger partial charge >= 0.3 is 0 Å². The summed E-state index contributed by atoms with van der Waals surface area (Å²) in [5.41, 5.74) is 4.05. The van der Waals surface area contributed by atoms with Crippen LogP contribution in [0.2, 0.25) is 0 Å². The van der Waals surface area contributed by atoms with Crippen molar-refractivity contribution in [1.29, 1.82) is 0 Å². The lowest BCUT2D eigenvalue weighted by Gasteiger charge is -2.08. The van der Waals surface area contributed by atoms with E-state index in [2.05, 4.69) is 23.6 Å². The van der Waals surface area contributed by atoms with Crippen molar-refractivity contribution in [2.75, 3.05) is 11.9 Å². The van der Waals surface area contributed by atoms with Crippen molar-refractivity contribution >= 4 is 11.6 Å². The highest BCUT2D eigenvalue weighted by Gasteiger charge is 2.05. The van der Waals surface area contributed by atoms with Crippen molar-refractivity contribution < 1.29 is 4.79 Å². The zero-order valence-corrected chi connectivity index (χ0v) is 12.6. The third-order valence-corrected chi connectivity index (χ3v) is 3.26. The Morgan fingerprint density at radius 2 is 1.86 bits per heavy atom. The molecule has 0 saturated carbocycles. The van der Waals surface area contributed by atoms with E-state index in [4.69, 9.17) is 0 Å². The van der Waals surface area contributed by atoms with Gasteiger partial charge in [0.25, 0.3) is 5.91 Å². The van der Waals surface area contributed by atoms with E-state index in [9.17, 15) is 4.79 Å². The van der Waals surface area contributed by atoms with E-state index < -0.39 is 0 Å². The molecule has 0 radical (unpaired) electrons. The van der Waals surface area contributed by atoms with Crippen LogP contribution in [0.4, 0.5) is 5.69 Å². The molecule has 0 fully saturated rings. The third kappa shape index (κ3) is 4.63. The molecule has 110 valence electrons. The molecular weight excluding hydrogens is 260 g/mol. The Labute approximate surface area is 126 Å². The van der Waals surface area contributed by atoms with Crippen LogP contribution in [-0.2, 0) is 6.54 Å². The summed E-state index contributed by atoms with van der Waals surface area (Å²) in [5.74, 6) is -0.0430. The minimum Gasteiger partial charge on any atom is -0.385 e. The zero-order valence-electron chi connectivity index (χ0n) is 12.6. The average molecular weight is 282 g/mol. The van der Waals surface area contributed by atoms with Crippen LogP contribution in [-0.4, -0.2) is 12.5 Å². The largest absolute Gasteiger partial charge is 0.385 e. The molecule has 0 aromatic heterocycles. The van der Waals surface area contributed by atoms with Gasteiger partial charge in [0, 0.05) is 24.3 Å². The maximum atomic E-state index is 12.1. The summed E-state index contributed by atoms with van der Waals surface area (Å²) in [4.78, 5) is 12.1. The Morgan fingerprint density at radius 1 is 1.10 bits per heavy atom. The summed E-state index contributed by atoms with van der Waals surface area (Å²) in [6.45, 7) is 5.67. The molecule has 0 heterocycles. The minimum atomic E-state index is -0.0430. The first-order valence-electron chi connectivity index (χ1n) is 7.36. The smallest absolute Gasteiger partial charge is 0.251 e. The third-order valence-electron chi connectivity index (χ3n) is 3.26. The molecule has 3 heteroatoms. The number of anilines is 1. The number of hydrogen-bond donors (Lipinski definition) is 2. The predicted molar refractivity (Wildman–Crippen MR) is 87.6 cm³/mol. The maximum absolute atomic E-state index is 12.1. The van der Waals surface area contributed by atoms with Crippen LogP contribution < -0.4 is 10.6 Å². The fourth-order valence-corrected chi connectivity index (χ4v) is 2.12. The molecule has 2 N–H and O–H groups in total. The number of hydrogen-bond acceptors (Lipinski definition) is 2. The minimum absolute atomic E-state index is 0.0430. The molecule has 2 aromatic rings. The Morgan fingerprint density at radius 3 is 2.52 bits per heavy atom. The summed E-state index contributed by atoms with van der Waals surface area (Å²) in [5, 5.41) is 6.24. The zero-order chi connectivity index (χ0) is 15.1. The van der Waals surface area contributed by atoms with Gasteiger partial charge in [0.1, 0.15) is 0 Å². The average Bonchev–Trinajstić information content (AvgIpc) is 2.51. The first-order chi connectivity index (χ1) is 10.2. The number of benzene rings is 2. The number of aryl methyl sites for hydroxylation is 1. The second kappa shape index (κ2) is 7.48. The molecule has 2 aromatic carbocycles. The Bertz CT molecular complexity index is 590. The standard InChI is InChI=1S/C18H22N2O/c1-3-11-19-17-9-7-16(8-10-17)18(21)20-13-15-6-4-5-14(2)12-15/h4-10,12,19H,3,11,13H2,1-2H3,(H,20,21). The van der Waals surface area contributed by atoms with Crippen LogP contribution >= 0.6 is 0 Å². The van der Waals surface area contributed by atoms with E-state index in [1.165, 1.54) is 5.56 Å². The van der Waals surface area contributed by atoms with E-state index in [1.54, 1.807) is 0 Å². The molecule has 0 aliphatic heterocycles. The van der Waals surface area contributed by atoms with E-state index in [-0.39, 0.29) is 5.91 Å². The Kier molecular flexibility index (Phi) is 5.38. The molecule has 0 unspecified atom stereocenters. The topological polar surface area (TPSA) is 41.1 Å². The molecule has 0 spiro atoms. The second-order valence-corrected chi connectivity index (χ2v) is 5.18. The summed E-state index contributed by atoms with van der Waals surface area (Å²) in [6.07, 6.45) is 1.08. The monoisotopic (exact) mass is 282 g/mol. The van der Waals surface area contributed by atoms with Crippen molar-refractivity contribution in [2.24, 2.45) is 0 Å². The quantitative estimate of drug-likeness (QED) is 0.847. The van der Waals surface area contributed by atoms with Crippen LogP contribution in [0.25, 0.3) is 0 Å². The summed E-state index contributed by atoms with van der Waals surface area (Å²) < 4.78 is 0. The van der Waals surface area contributed by atoms with E-state index in [1.807, 2.05) is 49.4 Å². The van der Waals surface area contributed by atoms with Crippen LogP contribution in [0.5, 0.6) is 0 Å². The second-order valence-electron chi connectivity index (χ2n) is 5.18. The van der Waals surface area contributed by atoms with E-state index in [0.29, 0.717) is 12.1 Å².